The van der Waals surface area contributed by atoms with Gasteiger partial charge in [0.15, 0.2) is 5.65 Å². The maximum Gasteiger partial charge on any atom is 0.327 e. The smallest absolute Gasteiger partial charge is 0.327 e. The number of hydrogen-bond donors (Lipinski definition) is 3. The Labute approximate surface area is 156 Å². The number of nitrogens with one attached hydrogen (secondary N) is 3. The van der Waals surface area contributed by atoms with Crippen LogP contribution in [0.25, 0.3) is 11.2 Å². The third kappa shape index (κ3) is 3.44. The van der Waals surface area contributed by atoms with Crippen LogP contribution >= 0.6 is 12.2 Å². The first-order chi connectivity index (χ1) is 12.5. The van der Waals surface area contributed by atoms with E-state index in [0.717, 1.165) is 50.8 Å². The van der Waals surface area contributed by atoms with Crippen molar-refractivity contribution in [1.82, 2.24) is 19.9 Å². The van der Waals surface area contributed by atoms with Gasteiger partial charge >= 0.3 is 5.69 Å². The second-order valence-electron chi connectivity index (χ2n) is 7.33. The summed E-state index contributed by atoms with van der Waals surface area (Å²) in [6.45, 7) is 4.40. The average molecular weight is 375 g/mol. The molecular formula is C18H25N5O2S. The van der Waals surface area contributed by atoms with Crippen LogP contribution in [0.5, 0.6) is 0 Å². The van der Waals surface area contributed by atoms with Crippen molar-refractivity contribution in [2.45, 2.75) is 70.8 Å². The van der Waals surface area contributed by atoms with Gasteiger partial charge in [0, 0.05) is 5.92 Å². The van der Waals surface area contributed by atoms with E-state index >= 15 is 0 Å². The van der Waals surface area contributed by atoms with E-state index in [-0.39, 0.29) is 17.4 Å². The highest BCUT2D eigenvalue weighted by Crippen LogP contribution is 2.50. The van der Waals surface area contributed by atoms with Gasteiger partial charge in [0.25, 0.3) is 5.56 Å². The molecule has 140 valence electrons. The molecule has 0 spiro atoms. The van der Waals surface area contributed by atoms with Gasteiger partial charge < -0.3 is 4.98 Å². The Hall–Kier alpha value is -2.05. The Balaban J connectivity index is 1.99. The molecule has 1 fully saturated rings. The zero-order valence-corrected chi connectivity index (χ0v) is 16.0. The lowest BCUT2D eigenvalue weighted by Crippen LogP contribution is -2.39. The number of aliphatic imine (C=N–C) groups is 1. The number of nitrogens with zero attached hydrogens (tertiary/aromatic N) is 2. The van der Waals surface area contributed by atoms with Crippen molar-refractivity contribution in [2.24, 2.45) is 10.4 Å². The van der Waals surface area contributed by atoms with Crippen LogP contribution in [-0.2, 0) is 0 Å². The highest BCUT2D eigenvalue weighted by Gasteiger charge is 2.43. The first-order valence-electron chi connectivity index (χ1n) is 9.32. The van der Waals surface area contributed by atoms with Gasteiger partial charge in [-0.1, -0.05) is 26.7 Å². The molecule has 3 rings (SSSR count). The van der Waals surface area contributed by atoms with Crippen molar-refractivity contribution in [3.63, 3.8) is 0 Å². The first-order valence-corrected chi connectivity index (χ1v) is 9.73. The molecule has 7 nitrogen and oxygen atoms in total. The predicted octanol–water partition coefficient (Wildman–Crippen LogP) is 3.27. The molecular weight excluding hydrogens is 350 g/mol. The summed E-state index contributed by atoms with van der Waals surface area (Å²) < 4.78 is 0. The fraction of sp³-hybridized carbons (Fsp3) is 0.667. The van der Waals surface area contributed by atoms with E-state index in [1.807, 2.05) is 0 Å². The number of rotatable bonds is 6. The van der Waals surface area contributed by atoms with Crippen molar-refractivity contribution >= 4 is 28.5 Å². The van der Waals surface area contributed by atoms with Gasteiger partial charge in [0.1, 0.15) is 11.3 Å². The molecule has 0 bridgehead atoms. The standard InChI is InChI=1S/C18H25N5O2S/c1-3-7-18(8-4-2)9-11(5-6-12(18)19-10-26)14-20-13-15(21-14)22-17(25)23-16(13)24/h11-12H,3-9H2,1-2H3,(H3,20,21,22,23,24,25). The zero-order valence-electron chi connectivity index (χ0n) is 15.2. The van der Waals surface area contributed by atoms with Crippen LogP contribution in [0, 0.1) is 5.41 Å². The number of isothiocyanates is 1. The summed E-state index contributed by atoms with van der Waals surface area (Å²) in [6.07, 6.45) is 7.13. The molecule has 3 N–H and O–H groups in total. The summed E-state index contributed by atoms with van der Waals surface area (Å²) in [4.78, 5) is 40.5. The summed E-state index contributed by atoms with van der Waals surface area (Å²) in [6, 6.07) is 0.198. The number of H-pyrrole nitrogens is 3. The molecule has 2 aromatic heterocycles. The normalized spacial score (nSPS) is 22.2. The molecule has 2 atom stereocenters. The van der Waals surface area contributed by atoms with Gasteiger partial charge in [-0.25, -0.2) is 14.8 Å². The summed E-state index contributed by atoms with van der Waals surface area (Å²) in [5, 5.41) is 2.60. The summed E-state index contributed by atoms with van der Waals surface area (Å²) >= 11 is 4.89. The van der Waals surface area contributed by atoms with Crippen molar-refractivity contribution in [3.8, 4) is 0 Å². The molecule has 2 aromatic rings. The number of thiocarbonyl (C=S) groups is 1. The summed E-state index contributed by atoms with van der Waals surface area (Å²) in [7, 11) is 0. The van der Waals surface area contributed by atoms with Gasteiger partial charge in [0.2, 0.25) is 0 Å². The third-order valence-electron chi connectivity index (χ3n) is 5.65. The van der Waals surface area contributed by atoms with Crippen LogP contribution in [0.1, 0.15) is 70.5 Å². The molecule has 1 saturated carbocycles. The molecule has 0 saturated heterocycles. The van der Waals surface area contributed by atoms with E-state index in [1.165, 1.54) is 0 Å². The van der Waals surface area contributed by atoms with E-state index < -0.39 is 11.2 Å². The van der Waals surface area contributed by atoms with Crippen molar-refractivity contribution < 1.29 is 0 Å². The van der Waals surface area contributed by atoms with Gasteiger partial charge in [-0.05, 0) is 49.7 Å². The number of imidazole rings is 1. The lowest BCUT2D eigenvalue weighted by Gasteiger charge is -2.45. The quantitative estimate of drug-likeness (QED) is 0.532. The van der Waals surface area contributed by atoms with Crippen LogP contribution in [0.15, 0.2) is 14.6 Å². The van der Waals surface area contributed by atoms with Gasteiger partial charge in [-0.3, -0.25) is 14.8 Å². The van der Waals surface area contributed by atoms with E-state index in [9.17, 15) is 9.59 Å². The Bertz CT molecular complexity index is 931. The maximum atomic E-state index is 12.0. The summed E-state index contributed by atoms with van der Waals surface area (Å²) in [5.74, 6) is 0.980. The minimum atomic E-state index is -0.536. The van der Waals surface area contributed by atoms with Crippen molar-refractivity contribution in [2.75, 3.05) is 0 Å². The van der Waals surface area contributed by atoms with E-state index in [1.54, 1.807) is 0 Å². The van der Waals surface area contributed by atoms with E-state index in [0.29, 0.717) is 11.2 Å². The maximum absolute atomic E-state index is 12.0. The Morgan fingerprint density at radius 1 is 1.19 bits per heavy atom. The lowest BCUT2D eigenvalue weighted by molar-refractivity contribution is 0.107. The average Bonchev–Trinajstić information content (AvgIpc) is 3.02. The van der Waals surface area contributed by atoms with Crippen LogP contribution in [-0.4, -0.2) is 31.1 Å². The lowest BCUT2D eigenvalue weighted by atomic mass is 9.62. The molecule has 8 heteroatoms. The molecule has 0 radical (unpaired) electrons. The van der Waals surface area contributed by atoms with Gasteiger partial charge in [0.05, 0.1) is 11.2 Å². The Kier molecular flexibility index (Phi) is 5.53. The van der Waals surface area contributed by atoms with E-state index in [4.69, 9.17) is 12.2 Å². The first kappa shape index (κ1) is 18.7. The molecule has 0 amide bonds. The number of aromatic amines is 3. The van der Waals surface area contributed by atoms with Crippen LogP contribution in [0.4, 0.5) is 0 Å². The number of fused-ring (bicyclic) bond motifs is 1. The molecule has 26 heavy (non-hydrogen) atoms. The highest BCUT2D eigenvalue weighted by atomic mass is 32.1. The molecule has 0 aliphatic heterocycles. The van der Waals surface area contributed by atoms with Gasteiger partial charge in [-0.2, -0.15) is 0 Å². The van der Waals surface area contributed by atoms with Crippen molar-refractivity contribution in [3.05, 3.63) is 26.7 Å². The SMILES string of the molecule is CCCC1(CCC)CC(c2nc3[nH]c(=O)[nH]c(=O)c3[nH]2)CCC1N=C=S. The van der Waals surface area contributed by atoms with Crippen molar-refractivity contribution in [1.29, 1.82) is 0 Å². The molecule has 2 unspecified atom stereocenters. The van der Waals surface area contributed by atoms with Crippen LogP contribution in [0.3, 0.4) is 0 Å². The fourth-order valence-corrected chi connectivity index (χ4v) is 4.82. The largest absolute Gasteiger partial charge is 0.336 e. The van der Waals surface area contributed by atoms with Crippen LogP contribution < -0.4 is 11.2 Å². The van der Waals surface area contributed by atoms with Gasteiger partial charge in [-0.15, -0.1) is 0 Å². The fourth-order valence-electron chi connectivity index (χ4n) is 4.69. The number of aromatic nitrogens is 4. The molecule has 0 aromatic carbocycles. The Morgan fingerprint density at radius 3 is 2.58 bits per heavy atom. The topological polar surface area (TPSA) is 107 Å². The molecule has 2 heterocycles. The monoisotopic (exact) mass is 375 g/mol. The number of hydrogen-bond acceptors (Lipinski definition) is 5. The second-order valence-corrected chi connectivity index (χ2v) is 7.51. The molecule has 1 aliphatic rings. The minimum Gasteiger partial charge on any atom is -0.336 e. The second kappa shape index (κ2) is 7.68. The summed E-state index contributed by atoms with van der Waals surface area (Å²) in [5.41, 5.74) is -0.239. The minimum absolute atomic E-state index is 0.0804. The predicted molar refractivity (Wildman–Crippen MR) is 105 cm³/mol. The van der Waals surface area contributed by atoms with Crippen LogP contribution in [0.2, 0.25) is 0 Å². The Morgan fingerprint density at radius 2 is 1.92 bits per heavy atom. The van der Waals surface area contributed by atoms with E-state index in [2.05, 4.69) is 43.9 Å². The highest BCUT2D eigenvalue weighted by molar-refractivity contribution is 7.78. The molecule has 1 aliphatic carbocycles. The third-order valence-corrected chi connectivity index (χ3v) is 5.75. The zero-order chi connectivity index (χ0) is 18.7.